The third-order valence-corrected chi connectivity index (χ3v) is 3.47. The minimum absolute atomic E-state index is 0.0352. The van der Waals surface area contributed by atoms with E-state index in [4.69, 9.17) is 0 Å². The second-order valence-corrected chi connectivity index (χ2v) is 6.76. The van der Waals surface area contributed by atoms with Crippen LogP contribution in [0.1, 0.15) is 17.3 Å². The van der Waals surface area contributed by atoms with Crippen LogP contribution in [0.2, 0.25) is 0 Å². The number of hydrogen-bond acceptors (Lipinski definition) is 1. The van der Waals surface area contributed by atoms with E-state index in [1.54, 1.807) is 0 Å². The summed E-state index contributed by atoms with van der Waals surface area (Å²) in [5.41, 5.74) is 0.707. The van der Waals surface area contributed by atoms with Crippen molar-refractivity contribution < 1.29 is 4.79 Å². The van der Waals surface area contributed by atoms with E-state index in [1.165, 1.54) is 0 Å². The normalized spacial score (nSPS) is 12.3. The maximum absolute atomic E-state index is 11.8. The van der Waals surface area contributed by atoms with Gasteiger partial charge in [-0.05, 0) is 40.8 Å². The summed E-state index contributed by atoms with van der Waals surface area (Å²) in [5.74, 6) is -0.0352. The van der Waals surface area contributed by atoms with E-state index in [0.717, 1.165) is 8.04 Å². The van der Waals surface area contributed by atoms with Crippen LogP contribution in [0, 0.1) is 3.57 Å². The van der Waals surface area contributed by atoms with Gasteiger partial charge in [0.1, 0.15) is 0 Å². The third kappa shape index (κ3) is 4.40. The second-order valence-electron chi connectivity index (χ2n) is 3.11. The second kappa shape index (κ2) is 6.20. The summed E-state index contributed by atoms with van der Waals surface area (Å²) in [5, 5.41) is 2.85. The Labute approximate surface area is 120 Å². The molecule has 0 saturated carbocycles. The lowest BCUT2D eigenvalue weighted by atomic mass is 10.2. The van der Waals surface area contributed by atoms with Crippen LogP contribution in [0.4, 0.5) is 0 Å². The van der Waals surface area contributed by atoms with Crippen molar-refractivity contribution in [3.05, 3.63) is 31.8 Å². The molecule has 15 heavy (non-hydrogen) atoms. The van der Waals surface area contributed by atoms with Gasteiger partial charge in [-0.15, -0.1) is 0 Å². The first-order valence-electron chi connectivity index (χ1n) is 4.38. The first-order valence-corrected chi connectivity index (χ1v) is 7.16. The summed E-state index contributed by atoms with van der Waals surface area (Å²) >= 11 is 8.89. The van der Waals surface area contributed by atoms with Crippen molar-refractivity contribution in [2.24, 2.45) is 0 Å². The molecule has 1 atom stereocenters. The Kier molecular flexibility index (Phi) is 5.56. The summed E-state index contributed by atoms with van der Waals surface area (Å²) < 4.78 is 1.87. The van der Waals surface area contributed by atoms with E-state index in [1.807, 2.05) is 25.1 Å². The van der Waals surface area contributed by atoms with E-state index >= 15 is 0 Å². The van der Waals surface area contributed by atoms with Crippen LogP contribution in [-0.4, -0.2) is 17.3 Å². The third-order valence-electron chi connectivity index (χ3n) is 1.72. The fraction of sp³-hybridized carbons (Fsp3) is 0.300. The van der Waals surface area contributed by atoms with Crippen LogP contribution in [0.3, 0.4) is 0 Å². The lowest BCUT2D eigenvalue weighted by Gasteiger charge is -2.08. The maximum Gasteiger partial charge on any atom is 0.252 e. The lowest BCUT2D eigenvalue weighted by Crippen LogP contribution is -2.28. The highest BCUT2D eigenvalue weighted by Crippen LogP contribution is 2.18. The van der Waals surface area contributed by atoms with Crippen LogP contribution in [0.15, 0.2) is 22.7 Å². The Hall–Kier alpha value is 0.380. The van der Waals surface area contributed by atoms with Crippen LogP contribution < -0.4 is 5.32 Å². The van der Waals surface area contributed by atoms with Gasteiger partial charge in [0.2, 0.25) is 0 Å². The smallest absolute Gasteiger partial charge is 0.252 e. The van der Waals surface area contributed by atoms with Crippen LogP contribution >= 0.6 is 54.5 Å². The molecule has 1 N–H and O–H groups in total. The van der Waals surface area contributed by atoms with E-state index in [-0.39, 0.29) is 10.7 Å². The predicted molar refractivity (Wildman–Crippen MR) is 77.6 cm³/mol. The zero-order chi connectivity index (χ0) is 11.4. The molecular weight excluding hydrogens is 437 g/mol. The van der Waals surface area contributed by atoms with Crippen molar-refractivity contribution in [1.29, 1.82) is 0 Å². The molecule has 0 radical (unpaired) electrons. The number of halogens is 3. The van der Waals surface area contributed by atoms with Gasteiger partial charge in [0.15, 0.2) is 0 Å². The minimum atomic E-state index is -0.0352. The van der Waals surface area contributed by atoms with Gasteiger partial charge in [-0.1, -0.05) is 38.8 Å². The zero-order valence-electron chi connectivity index (χ0n) is 8.06. The zero-order valence-corrected chi connectivity index (χ0v) is 13.4. The number of benzene rings is 1. The van der Waals surface area contributed by atoms with Gasteiger partial charge in [-0.2, -0.15) is 0 Å². The summed E-state index contributed by atoms with van der Waals surface area (Å²) in [6, 6.07) is 5.67. The average Bonchev–Trinajstić information content (AvgIpc) is 2.18. The first kappa shape index (κ1) is 13.4. The summed E-state index contributed by atoms with van der Waals surface area (Å²) in [6.45, 7) is 2.62. The van der Waals surface area contributed by atoms with Crippen molar-refractivity contribution in [2.45, 2.75) is 11.8 Å². The monoisotopic (exact) mass is 445 g/mol. The molecule has 0 heterocycles. The molecule has 82 valence electrons. The fourth-order valence-electron chi connectivity index (χ4n) is 1.00. The van der Waals surface area contributed by atoms with Gasteiger partial charge in [-0.25, -0.2) is 0 Å². The molecule has 2 nitrogen and oxygen atoms in total. The Morgan fingerprint density at radius 2 is 2.27 bits per heavy atom. The largest absolute Gasteiger partial charge is 0.351 e. The van der Waals surface area contributed by atoms with Gasteiger partial charge in [0.25, 0.3) is 5.91 Å². The van der Waals surface area contributed by atoms with Crippen LogP contribution in [0.5, 0.6) is 0 Å². The van der Waals surface area contributed by atoms with Gasteiger partial charge < -0.3 is 5.32 Å². The molecule has 0 spiro atoms. The van der Waals surface area contributed by atoms with E-state index < -0.39 is 0 Å². The molecule has 1 unspecified atom stereocenters. The van der Waals surface area contributed by atoms with Gasteiger partial charge in [-0.3, -0.25) is 4.79 Å². The minimum Gasteiger partial charge on any atom is -0.351 e. The molecule has 0 aromatic heterocycles. The molecule has 0 aliphatic rings. The highest BCUT2D eigenvalue weighted by Gasteiger charge is 2.10. The highest BCUT2D eigenvalue weighted by atomic mass is 127. The average molecular weight is 447 g/mol. The molecule has 1 aromatic carbocycles. The molecule has 0 fully saturated rings. The number of rotatable bonds is 3. The number of carbonyl (C=O) groups excluding carboxylic acids is 1. The fourth-order valence-corrected chi connectivity index (χ4v) is 2.10. The van der Waals surface area contributed by atoms with Crippen molar-refractivity contribution in [3.63, 3.8) is 0 Å². The van der Waals surface area contributed by atoms with E-state index in [0.29, 0.717) is 12.1 Å². The Balaban J connectivity index is 2.77. The molecular formula is C10H10Br2INO. The number of carbonyl (C=O) groups is 1. The molecule has 5 heteroatoms. The summed E-state index contributed by atoms with van der Waals surface area (Å²) in [4.78, 5) is 12.0. The molecule has 0 saturated heterocycles. The summed E-state index contributed by atoms with van der Waals surface area (Å²) in [6.07, 6.45) is 0. The molecule has 0 bridgehead atoms. The Morgan fingerprint density at radius 1 is 1.60 bits per heavy atom. The first-order chi connectivity index (χ1) is 7.00. The molecule has 1 aromatic rings. The van der Waals surface area contributed by atoms with Crippen molar-refractivity contribution in [2.75, 3.05) is 6.54 Å². The van der Waals surface area contributed by atoms with Crippen LogP contribution in [-0.2, 0) is 0 Å². The van der Waals surface area contributed by atoms with Crippen molar-refractivity contribution >= 4 is 60.4 Å². The quantitative estimate of drug-likeness (QED) is 0.558. The molecule has 0 aliphatic heterocycles. The van der Waals surface area contributed by atoms with Crippen LogP contribution in [0.25, 0.3) is 0 Å². The molecule has 0 aliphatic carbocycles. The van der Waals surface area contributed by atoms with Gasteiger partial charge in [0, 0.05) is 19.4 Å². The topological polar surface area (TPSA) is 29.1 Å². The number of hydrogen-bond donors (Lipinski definition) is 1. The van der Waals surface area contributed by atoms with Crippen molar-refractivity contribution in [3.8, 4) is 0 Å². The summed E-state index contributed by atoms with van der Waals surface area (Å²) in [7, 11) is 0. The van der Waals surface area contributed by atoms with Crippen molar-refractivity contribution in [1.82, 2.24) is 5.32 Å². The Bertz CT molecular complexity index is 368. The number of alkyl halides is 1. The number of nitrogens with one attached hydrogen (secondary N) is 1. The Morgan fingerprint density at radius 3 is 2.87 bits per heavy atom. The lowest BCUT2D eigenvalue weighted by molar-refractivity contribution is 0.0953. The SMILES string of the molecule is CC(Br)CNC(=O)c1cc(Br)ccc1I. The number of amides is 1. The highest BCUT2D eigenvalue weighted by molar-refractivity contribution is 14.1. The molecule has 1 rings (SSSR count). The van der Waals surface area contributed by atoms with E-state index in [9.17, 15) is 4.79 Å². The maximum atomic E-state index is 11.8. The van der Waals surface area contributed by atoms with Gasteiger partial charge in [0.05, 0.1) is 5.56 Å². The van der Waals surface area contributed by atoms with Gasteiger partial charge >= 0.3 is 0 Å². The van der Waals surface area contributed by atoms with E-state index in [2.05, 4.69) is 59.8 Å². The molecule has 1 amide bonds. The predicted octanol–water partition coefficient (Wildman–Crippen LogP) is 3.57. The standard InChI is InChI=1S/C10H10Br2INO/c1-6(11)5-14-10(15)8-4-7(12)2-3-9(8)13/h2-4,6H,5H2,1H3,(H,14,15).